The van der Waals surface area contributed by atoms with E-state index in [4.69, 9.17) is 0 Å². The highest BCUT2D eigenvalue weighted by Gasteiger charge is 2.14. The predicted octanol–water partition coefficient (Wildman–Crippen LogP) is 5.50. The number of aromatic hydroxyl groups is 1. The van der Waals surface area contributed by atoms with Gasteiger partial charge in [-0.15, -0.1) is 6.58 Å². The number of hydrogen-bond donors (Lipinski definition) is 1. The molecule has 3 aromatic rings. The van der Waals surface area contributed by atoms with Crippen LogP contribution in [0.1, 0.15) is 5.56 Å². The fourth-order valence-corrected chi connectivity index (χ4v) is 3.35. The lowest BCUT2D eigenvalue weighted by atomic mass is 10.1. The number of aromatic nitrogens is 2. The van der Waals surface area contributed by atoms with Crippen LogP contribution in [0.3, 0.4) is 0 Å². The largest absolute Gasteiger partial charge is 0.505 e. The van der Waals surface area contributed by atoms with Gasteiger partial charge in [0, 0.05) is 19.0 Å². The number of nitrogens with zero attached hydrogens (tertiary/aromatic N) is 2. The molecule has 0 aliphatic heterocycles. The van der Waals surface area contributed by atoms with Crippen molar-refractivity contribution in [3.05, 3.63) is 49.8 Å². The third-order valence-corrected chi connectivity index (χ3v) is 5.57. The van der Waals surface area contributed by atoms with Crippen LogP contribution in [0.25, 0.3) is 22.1 Å². The third-order valence-electron chi connectivity index (χ3n) is 3.13. The second-order valence-corrected chi connectivity index (χ2v) is 7.10. The molecule has 1 N–H and O–H groups in total. The number of phenols is 1. The summed E-state index contributed by atoms with van der Waals surface area (Å²) in [5.74, 6) is 0.154. The lowest BCUT2D eigenvalue weighted by molar-refractivity contribution is 0.475. The Balaban J connectivity index is 2.42. The molecule has 0 amide bonds. The zero-order chi connectivity index (χ0) is 15.1. The molecule has 0 spiro atoms. The van der Waals surface area contributed by atoms with Crippen molar-refractivity contribution in [2.45, 2.75) is 6.42 Å². The number of phenolic OH excluding ortho intramolecular Hbond substituents is 1. The quantitative estimate of drug-likeness (QED) is 0.395. The van der Waals surface area contributed by atoms with Gasteiger partial charge in [0.1, 0.15) is 16.8 Å². The maximum atomic E-state index is 10.4. The minimum Gasteiger partial charge on any atom is -0.505 e. The maximum Gasteiger partial charge on any atom is 0.147 e. The van der Waals surface area contributed by atoms with Gasteiger partial charge in [-0.05, 0) is 72.4 Å². The maximum absolute atomic E-state index is 10.4. The average molecular weight is 473 g/mol. The van der Waals surface area contributed by atoms with Gasteiger partial charge in [-0.3, -0.25) is 0 Å². The molecular formula is C15H9Br3N2O. The Labute approximate surface area is 146 Å². The molecule has 106 valence electrons. The van der Waals surface area contributed by atoms with E-state index in [0.717, 1.165) is 30.0 Å². The van der Waals surface area contributed by atoms with Crippen molar-refractivity contribution < 1.29 is 5.11 Å². The van der Waals surface area contributed by atoms with Crippen molar-refractivity contribution >= 4 is 69.9 Å². The number of hydrogen-bond acceptors (Lipinski definition) is 3. The molecule has 0 unspecified atom stereocenters. The highest BCUT2D eigenvalue weighted by atomic mass is 79.9. The number of fused-ring (bicyclic) bond motifs is 2. The van der Waals surface area contributed by atoms with Crippen molar-refractivity contribution in [3.8, 4) is 5.75 Å². The smallest absolute Gasteiger partial charge is 0.147 e. The summed E-state index contributed by atoms with van der Waals surface area (Å²) in [5, 5.41) is 10.4. The Morgan fingerprint density at radius 3 is 2.10 bits per heavy atom. The molecule has 0 saturated carbocycles. The van der Waals surface area contributed by atoms with Crippen LogP contribution in [-0.2, 0) is 6.42 Å². The van der Waals surface area contributed by atoms with Gasteiger partial charge in [0.25, 0.3) is 0 Å². The van der Waals surface area contributed by atoms with Crippen LogP contribution in [0.2, 0.25) is 0 Å². The number of benzene rings is 2. The Hall–Kier alpha value is -0.980. The standard InChI is InChI=1S/C15H9Br3N2O/c1-2-3-7-4-10(18)13-14(15(7)21)20-12-6-9(17)8(16)5-11(12)19-13/h2,4-6,21H,1,3H2. The van der Waals surface area contributed by atoms with Gasteiger partial charge in [0.15, 0.2) is 0 Å². The van der Waals surface area contributed by atoms with Crippen LogP contribution in [0.4, 0.5) is 0 Å². The van der Waals surface area contributed by atoms with Crippen molar-refractivity contribution in [1.82, 2.24) is 9.97 Å². The summed E-state index contributed by atoms with van der Waals surface area (Å²) in [7, 11) is 0. The highest BCUT2D eigenvalue weighted by molar-refractivity contribution is 9.13. The Morgan fingerprint density at radius 1 is 0.952 bits per heavy atom. The molecule has 0 atom stereocenters. The van der Waals surface area contributed by atoms with Gasteiger partial charge < -0.3 is 5.11 Å². The first kappa shape index (κ1) is 14.9. The summed E-state index contributed by atoms with van der Waals surface area (Å²) in [6.07, 6.45) is 2.32. The fourth-order valence-electron chi connectivity index (χ4n) is 2.14. The summed E-state index contributed by atoms with van der Waals surface area (Å²) in [5.41, 5.74) is 3.38. The first-order chi connectivity index (χ1) is 10.0. The number of allylic oxidation sites excluding steroid dienone is 1. The molecule has 0 bridgehead atoms. The first-order valence-electron chi connectivity index (χ1n) is 6.09. The van der Waals surface area contributed by atoms with Crippen LogP contribution in [-0.4, -0.2) is 15.1 Å². The van der Waals surface area contributed by atoms with Gasteiger partial charge in [-0.1, -0.05) is 6.08 Å². The SMILES string of the molecule is C=CCc1cc(Br)c2nc3cc(Br)c(Br)cc3nc2c1O. The van der Waals surface area contributed by atoms with E-state index in [-0.39, 0.29) is 5.75 Å². The van der Waals surface area contributed by atoms with E-state index in [9.17, 15) is 5.11 Å². The molecule has 3 nitrogen and oxygen atoms in total. The summed E-state index contributed by atoms with van der Waals surface area (Å²) < 4.78 is 2.61. The van der Waals surface area contributed by atoms with E-state index in [1.807, 2.05) is 18.2 Å². The summed E-state index contributed by atoms with van der Waals surface area (Å²) >= 11 is 10.4. The fraction of sp³-hybridized carbons (Fsp3) is 0.0667. The topological polar surface area (TPSA) is 46.0 Å². The minimum absolute atomic E-state index is 0.154. The highest BCUT2D eigenvalue weighted by Crippen LogP contribution is 2.35. The normalized spacial score (nSPS) is 11.2. The molecular weight excluding hydrogens is 464 g/mol. The molecule has 3 rings (SSSR count). The van der Waals surface area contributed by atoms with Gasteiger partial charge in [0.05, 0.1) is 11.0 Å². The Kier molecular flexibility index (Phi) is 4.03. The van der Waals surface area contributed by atoms with Crippen molar-refractivity contribution in [2.24, 2.45) is 0 Å². The summed E-state index contributed by atoms with van der Waals surface area (Å²) in [6, 6.07) is 5.63. The van der Waals surface area contributed by atoms with E-state index in [1.54, 1.807) is 6.08 Å². The van der Waals surface area contributed by atoms with E-state index in [2.05, 4.69) is 64.3 Å². The summed E-state index contributed by atoms with van der Waals surface area (Å²) in [6.45, 7) is 3.70. The van der Waals surface area contributed by atoms with Crippen molar-refractivity contribution in [2.75, 3.05) is 0 Å². The van der Waals surface area contributed by atoms with Crippen LogP contribution in [0.5, 0.6) is 5.75 Å². The van der Waals surface area contributed by atoms with Crippen LogP contribution in [0, 0.1) is 0 Å². The molecule has 6 heteroatoms. The molecule has 1 heterocycles. The monoisotopic (exact) mass is 470 g/mol. The van der Waals surface area contributed by atoms with Crippen LogP contribution < -0.4 is 0 Å². The molecule has 0 fully saturated rings. The Bertz CT molecular complexity index is 893. The van der Waals surface area contributed by atoms with Gasteiger partial charge in [-0.25, -0.2) is 9.97 Å². The second-order valence-electron chi connectivity index (χ2n) is 4.53. The van der Waals surface area contributed by atoms with Gasteiger partial charge >= 0.3 is 0 Å². The second kappa shape index (κ2) is 5.66. The molecule has 1 aromatic heterocycles. The first-order valence-corrected chi connectivity index (χ1v) is 8.47. The minimum atomic E-state index is 0.154. The lowest BCUT2D eigenvalue weighted by Gasteiger charge is -2.09. The summed E-state index contributed by atoms with van der Waals surface area (Å²) in [4.78, 5) is 9.15. The van der Waals surface area contributed by atoms with Gasteiger partial charge in [-0.2, -0.15) is 0 Å². The van der Waals surface area contributed by atoms with E-state index < -0.39 is 0 Å². The van der Waals surface area contributed by atoms with Crippen LogP contribution >= 0.6 is 47.8 Å². The van der Waals surface area contributed by atoms with Crippen LogP contribution in [0.15, 0.2) is 44.3 Å². The van der Waals surface area contributed by atoms with E-state index in [1.165, 1.54) is 0 Å². The molecule has 0 radical (unpaired) electrons. The number of halogens is 3. The molecule has 21 heavy (non-hydrogen) atoms. The average Bonchev–Trinajstić information content (AvgIpc) is 2.45. The predicted molar refractivity (Wildman–Crippen MR) is 95.7 cm³/mol. The van der Waals surface area contributed by atoms with E-state index >= 15 is 0 Å². The van der Waals surface area contributed by atoms with Crippen molar-refractivity contribution in [3.63, 3.8) is 0 Å². The number of rotatable bonds is 2. The molecule has 0 aliphatic carbocycles. The third kappa shape index (κ3) is 2.60. The Morgan fingerprint density at radius 2 is 1.52 bits per heavy atom. The van der Waals surface area contributed by atoms with Crippen molar-refractivity contribution in [1.29, 1.82) is 0 Å². The zero-order valence-corrected chi connectivity index (χ0v) is 15.5. The molecule has 0 saturated heterocycles. The lowest BCUT2D eigenvalue weighted by Crippen LogP contribution is -1.93. The molecule has 0 aliphatic rings. The molecule has 2 aromatic carbocycles. The van der Waals surface area contributed by atoms with Gasteiger partial charge in [0.2, 0.25) is 0 Å². The van der Waals surface area contributed by atoms with E-state index in [0.29, 0.717) is 17.5 Å². The zero-order valence-electron chi connectivity index (χ0n) is 10.7.